The Hall–Kier alpha value is -3.15. The Bertz CT molecular complexity index is 1030. The van der Waals surface area contributed by atoms with E-state index in [1.54, 1.807) is 0 Å². The molecule has 0 saturated carbocycles. The molecule has 0 radical (unpaired) electrons. The minimum Gasteiger partial charge on any atom is -0.378 e. The van der Waals surface area contributed by atoms with Crippen LogP contribution in [0.5, 0.6) is 0 Å². The third kappa shape index (κ3) is 5.06. The van der Waals surface area contributed by atoms with Crippen molar-refractivity contribution in [3.63, 3.8) is 0 Å². The first-order valence-corrected chi connectivity index (χ1v) is 10.4. The Kier molecular flexibility index (Phi) is 6.75. The molecule has 0 aromatic heterocycles. The van der Waals surface area contributed by atoms with Crippen LogP contribution in [-0.4, -0.2) is 47.9 Å². The van der Waals surface area contributed by atoms with E-state index in [-0.39, 0.29) is 0 Å². The van der Waals surface area contributed by atoms with Gasteiger partial charge in [0.05, 0.1) is 13.2 Å². The van der Waals surface area contributed by atoms with Crippen molar-refractivity contribution in [3.8, 4) is 0 Å². The highest BCUT2D eigenvalue weighted by molar-refractivity contribution is 7.80. The van der Waals surface area contributed by atoms with Crippen molar-refractivity contribution < 1.29 is 4.74 Å². The fourth-order valence-electron chi connectivity index (χ4n) is 3.26. The lowest BCUT2D eigenvalue weighted by atomic mass is 10.1. The molecule has 4 nitrogen and oxygen atoms in total. The molecule has 1 saturated heterocycles. The molecule has 0 amide bonds. The highest BCUT2D eigenvalue weighted by Crippen LogP contribution is 2.13. The van der Waals surface area contributed by atoms with Crippen LogP contribution in [0, 0.1) is 0 Å². The molecule has 1 aliphatic rings. The molecule has 3 aromatic rings. The summed E-state index contributed by atoms with van der Waals surface area (Å²) in [6, 6.07) is 30.0. The maximum Gasteiger partial charge on any atom is 0.163 e. The van der Waals surface area contributed by atoms with E-state index >= 15 is 0 Å². The van der Waals surface area contributed by atoms with Gasteiger partial charge in [-0.25, -0.2) is 9.98 Å². The van der Waals surface area contributed by atoms with Crippen molar-refractivity contribution in [1.82, 2.24) is 4.90 Å². The molecule has 4 rings (SSSR count). The van der Waals surface area contributed by atoms with E-state index in [1.807, 2.05) is 78.9 Å². The number of amidine groups is 2. The number of morpholine rings is 1. The molecule has 150 valence electrons. The smallest absolute Gasteiger partial charge is 0.163 e. The average Bonchev–Trinajstić information content (AvgIpc) is 2.84. The number of hydrogen-bond acceptors (Lipinski definition) is 2. The Morgan fingerprint density at radius 3 is 1.73 bits per heavy atom. The fourth-order valence-corrected chi connectivity index (χ4v) is 3.49. The Labute approximate surface area is 182 Å². The number of thiocarbonyl (C=S) groups is 1. The Morgan fingerprint density at radius 1 is 0.667 bits per heavy atom. The van der Waals surface area contributed by atoms with E-state index in [2.05, 4.69) is 17.0 Å². The van der Waals surface area contributed by atoms with E-state index in [9.17, 15) is 0 Å². The van der Waals surface area contributed by atoms with Crippen molar-refractivity contribution >= 4 is 28.9 Å². The van der Waals surface area contributed by atoms with Gasteiger partial charge >= 0.3 is 0 Å². The quantitative estimate of drug-likeness (QED) is 0.358. The lowest BCUT2D eigenvalue weighted by Gasteiger charge is -2.30. The molecular weight excluding hydrogens is 390 g/mol. The number of ether oxygens (including phenoxy) is 1. The van der Waals surface area contributed by atoms with E-state index in [1.165, 1.54) is 0 Å². The summed E-state index contributed by atoms with van der Waals surface area (Å²) in [5.41, 5.74) is 2.88. The maximum atomic E-state index is 5.63. The van der Waals surface area contributed by atoms with Crippen molar-refractivity contribution in [2.75, 3.05) is 26.3 Å². The lowest BCUT2D eigenvalue weighted by Crippen LogP contribution is -2.41. The maximum absolute atomic E-state index is 5.63. The topological polar surface area (TPSA) is 37.2 Å². The number of benzene rings is 3. The summed E-state index contributed by atoms with van der Waals surface area (Å²) in [5, 5.41) is 0. The number of hydrogen-bond donors (Lipinski definition) is 0. The van der Waals surface area contributed by atoms with Crippen LogP contribution >= 0.6 is 12.2 Å². The van der Waals surface area contributed by atoms with Gasteiger partial charge in [0.15, 0.2) is 5.84 Å². The second-order valence-electron chi connectivity index (χ2n) is 6.87. The molecule has 3 aromatic carbocycles. The van der Waals surface area contributed by atoms with Gasteiger partial charge in [-0.1, -0.05) is 103 Å². The van der Waals surface area contributed by atoms with Crippen LogP contribution in [0.4, 0.5) is 0 Å². The van der Waals surface area contributed by atoms with E-state index in [0.717, 1.165) is 35.6 Å². The van der Waals surface area contributed by atoms with Gasteiger partial charge in [0.2, 0.25) is 0 Å². The fraction of sp³-hybridized carbons (Fsp3) is 0.160. The first kappa shape index (κ1) is 20.1. The molecule has 0 bridgehead atoms. The molecule has 0 spiro atoms. The first-order chi connectivity index (χ1) is 14.8. The predicted molar refractivity (Wildman–Crippen MR) is 126 cm³/mol. The van der Waals surface area contributed by atoms with Crippen LogP contribution < -0.4 is 0 Å². The molecule has 1 heterocycles. The summed E-state index contributed by atoms with van der Waals surface area (Å²) in [6.45, 7) is 2.95. The normalized spacial score (nSPS) is 15.1. The zero-order valence-electron chi connectivity index (χ0n) is 16.6. The largest absolute Gasteiger partial charge is 0.378 e. The SMILES string of the molecule is S=C(N=C(N=C(c1ccccc1)N1CCOCC1)c1ccccc1)c1ccccc1. The average molecular weight is 414 g/mol. The molecular formula is C25H23N3OS. The van der Waals surface area contributed by atoms with Crippen LogP contribution in [0.3, 0.4) is 0 Å². The number of nitrogens with zero attached hydrogens (tertiary/aromatic N) is 3. The van der Waals surface area contributed by atoms with Crippen LogP contribution in [0.25, 0.3) is 0 Å². The van der Waals surface area contributed by atoms with Crippen LogP contribution in [-0.2, 0) is 4.74 Å². The highest BCUT2D eigenvalue weighted by atomic mass is 32.1. The molecule has 0 unspecified atom stereocenters. The van der Waals surface area contributed by atoms with E-state index in [4.69, 9.17) is 26.9 Å². The summed E-state index contributed by atoms with van der Waals surface area (Å²) in [5.74, 6) is 1.49. The molecule has 1 aliphatic heterocycles. The summed E-state index contributed by atoms with van der Waals surface area (Å²) >= 11 is 5.63. The molecule has 5 heteroatoms. The molecule has 30 heavy (non-hydrogen) atoms. The monoisotopic (exact) mass is 413 g/mol. The summed E-state index contributed by atoms with van der Waals surface area (Å²) in [6.07, 6.45) is 0. The number of rotatable bonds is 3. The Balaban J connectivity index is 1.80. The van der Waals surface area contributed by atoms with Gasteiger partial charge in [0.1, 0.15) is 10.8 Å². The second kappa shape index (κ2) is 10.1. The summed E-state index contributed by atoms with van der Waals surface area (Å²) in [7, 11) is 0. The minimum absolute atomic E-state index is 0.521. The minimum atomic E-state index is 0.521. The Morgan fingerprint density at radius 2 is 1.17 bits per heavy atom. The molecule has 0 atom stereocenters. The van der Waals surface area contributed by atoms with Crippen molar-refractivity contribution in [2.45, 2.75) is 0 Å². The van der Waals surface area contributed by atoms with Gasteiger partial charge in [0, 0.05) is 29.8 Å². The van der Waals surface area contributed by atoms with Crippen LogP contribution in [0.1, 0.15) is 16.7 Å². The van der Waals surface area contributed by atoms with Gasteiger partial charge < -0.3 is 9.64 Å². The third-order valence-electron chi connectivity index (χ3n) is 4.81. The predicted octanol–water partition coefficient (Wildman–Crippen LogP) is 4.59. The highest BCUT2D eigenvalue weighted by Gasteiger charge is 2.18. The zero-order chi connectivity index (χ0) is 20.6. The number of aliphatic imine (C=N–C) groups is 2. The van der Waals surface area contributed by atoms with Crippen LogP contribution in [0.15, 0.2) is 101 Å². The van der Waals surface area contributed by atoms with Gasteiger partial charge in [-0.05, 0) is 0 Å². The van der Waals surface area contributed by atoms with Gasteiger partial charge in [-0.3, -0.25) is 0 Å². The standard InChI is InChI=1S/C25H23N3OS/c30-25(22-14-8-3-9-15-22)27-23(20-10-4-1-5-11-20)26-24(21-12-6-2-7-13-21)28-16-18-29-19-17-28/h1-15H,16-19H2. The summed E-state index contributed by atoms with van der Waals surface area (Å²) < 4.78 is 5.55. The second-order valence-corrected chi connectivity index (χ2v) is 7.26. The van der Waals surface area contributed by atoms with Crippen molar-refractivity contribution in [2.24, 2.45) is 9.98 Å². The zero-order valence-corrected chi connectivity index (χ0v) is 17.5. The lowest BCUT2D eigenvalue weighted by molar-refractivity contribution is 0.0683. The van der Waals surface area contributed by atoms with E-state index in [0.29, 0.717) is 24.0 Å². The van der Waals surface area contributed by atoms with E-state index < -0.39 is 0 Å². The van der Waals surface area contributed by atoms with Crippen LogP contribution in [0.2, 0.25) is 0 Å². The van der Waals surface area contributed by atoms with Gasteiger partial charge in [0.25, 0.3) is 0 Å². The van der Waals surface area contributed by atoms with Crippen molar-refractivity contribution in [1.29, 1.82) is 0 Å². The summed E-state index contributed by atoms with van der Waals surface area (Å²) in [4.78, 5) is 12.6. The van der Waals surface area contributed by atoms with Crippen molar-refractivity contribution in [3.05, 3.63) is 108 Å². The third-order valence-corrected chi connectivity index (χ3v) is 5.14. The molecule has 1 fully saturated rings. The molecule has 0 N–H and O–H groups in total. The molecule has 0 aliphatic carbocycles. The van der Waals surface area contributed by atoms with Gasteiger partial charge in [-0.2, -0.15) is 0 Å². The first-order valence-electron chi connectivity index (χ1n) is 10.0. The van der Waals surface area contributed by atoms with Gasteiger partial charge in [-0.15, -0.1) is 0 Å².